The summed E-state index contributed by atoms with van der Waals surface area (Å²) in [6, 6.07) is 8.69. The lowest BCUT2D eigenvalue weighted by molar-refractivity contribution is -0.122. The molecule has 1 N–H and O–H groups in total. The molecule has 2 aliphatic rings. The predicted molar refractivity (Wildman–Crippen MR) is 86.6 cm³/mol. The standard InChI is InChI=1S/C18H26N2O/c1-4-11-19-15(13-9-10-13)12-20-16-8-6-5-7-14(16)18(2,3)17(20)21/h5-8,13,15,19H,4,9-12H2,1-3H3. The van der Waals surface area contributed by atoms with Crippen LogP contribution in [0.1, 0.15) is 45.6 Å². The molecule has 1 unspecified atom stereocenters. The van der Waals surface area contributed by atoms with Crippen LogP contribution in [0.25, 0.3) is 0 Å². The largest absolute Gasteiger partial charge is 0.312 e. The molecular weight excluding hydrogens is 260 g/mol. The number of carbonyl (C=O) groups is 1. The van der Waals surface area contributed by atoms with E-state index in [-0.39, 0.29) is 5.91 Å². The Bertz CT molecular complexity index is 534. The molecule has 0 aromatic heterocycles. The van der Waals surface area contributed by atoms with Gasteiger partial charge in [-0.05, 0) is 57.2 Å². The monoisotopic (exact) mass is 286 g/mol. The number of para-hydroxylation sites is 1. The van der Waals surface area contributed by atoms with Crippen molar-refractivity contribution in [1.82, 2.24) is 5.32 Å². The van der Waals surface area contributed by atoms with Gasteiger partial charge in [0.2, 0.25) is 5.91 Å². The van der Waals surface area contributed by atoms with Crippen LogP contribution in [0.2, 0.25) is 0 Å². The van der Waals surface area contributed by atoms with Crippen LogP contribution in [0.4, 0.5) is 5.69 Å². The number of hydrogen-bond acceptors (Lipinski definition) is 2. The topological polar surface area (TPSA) is 32.3 Å². The highest BCUT2D eigenvalue weighted by Gasteiger charge is 2.45. The highest BCUT2D eigenvalue weighted by atomic mass is 16.2. The van der Waals surface area contributed by atoms with E-state index in [1.165, 1.54) is 18.4 Å². The van der Waals surface area contributed by atoms with Gasteiger partial charge >= 0.3 is 0 Å². The Morgan fingerprint density at radius 2 is 2.05 bits per heavy atom. The highest BCUT2D eigenvalue weighted by Crippen LogP contribution is 2.42. The minimum absolute atomic E-state index is 0.243. The van der Waals surface area contributed by atoms with E-state index in [1.54, 1.807) is 0 Å². The van der Waals surface area contributed by atoms with Gasteiger partial charge in [-0.15, -0.1) is 0 Å². The van der Waals surface area contributed by atoms with Crippen LogP contribution >= 0.6 is 0 Å². The van der Waals surface area contributed by atoms with Gasteiger partial charge in [0.15, 0.2) is 0 Å². The molecule has 0 radical (unpaired) electrons. The summed E-state index contributed by atoms with van der Waals surface area (Å²) < 4.78 is 0. The van der Waals surface area contributed by atoms with Crippen LogP contribution in [0.5, 0.6) is 0 Å². The molecule has 1 aromatic carbocycles. The van der Waals surface area contributed by atoms with Crippen molar-refractivity contribution in [3.63, 3.8) is 0 Å². The van der Waals surface area contributed by atoms with Crippen molar-refractivity contribution in [2.24, 2.45) is 5.92 Å². The van der Waals surface area contributed by atoms with Gasteiger partial charge in [0.1, 0.15) is 0 Å². The number of fused-ring (bicyclic) bond motifs is 1. The minimum Gasteiger partial charge on any atom is -0.312 e. The SMILES string of the molecule is CCCNC(CN1C(=O)C(C)(C)c2ccccc21)C1CC1. The molecule has 1 aliphatic heterocycles. The second kappa shape index (κ2) is 5.45. The zero-order valence-electron chi connectivity index (χ0n) is 13.4. The van der Waals surface area contributed by atoms with E-state index >= 15 is 0 Å². The van der Waals surface area contributed by atoms with Gasteiger partial charge in [-0.25, -0.2) is 0 Å². The van der Waals surface area contributed by atoms with Crippen LogP contribution < -0.4 is 10.2 Å². The van der Waals surface area contributed by atoms with Gasteiger partial charge in [-0.3, -0.25) is 4.79 Å². The van der Waals surface area contributed by atoms with Crippen molar-refractivity contribution in [3.8, 4) is 0 Å². The Hall–Kier alpha value is -1.35. The fourth-order valence-corrected chi connectivity index (χ4v) is 3.39. The number of hydrogen-bond donors (Lipinski definition) is 1. The van der Waals surface area contributed by atoms with Crippen LogP contribution in [0.3, 0.4) is 0 Å². The quantitative estimate of drug-likeness (QED) is 0.871. The summed E-state index contributed by atoms with van der Waals surface area (Å²) in [5.41, 5.74) is 1.88. The van der Waals surface area contributed by atoms with Crippen LogP contribution in [-0.2, 0) is 10.2 Å². The number of anilines is 1. The molecule has 3 rings (SSSR count). The lowest BCUT2D eigenvalue weighted by Crippen LogP contribution is -2.46. The molecule has 0 bridgehead atoms. The second-order valence-corrected chi connectivity index (χ2v) is 6.96. The third kappa shape index (κ3) is 2.59. The first-order valence-electron chi connectivity index (χ1n) is 8.20. The molecule has 1 saturated carbocycles. The maximum atomic E-state index is 12.8. The third-order valence-corrected chi connectivity index (χ3v) is 4.87. The second-order valence-electron chi connectivity index (χ2n) is 6.96. The molecule has 1 heterocycles. The zero-order valence-corrected chi connectivity index (χ0v) is 13.4. The molecule has 1 aromatic rings. The Morgan fingerprint density at radius 1 is 1.33 bits per heavy atom. The Labute approximate surface area is 127 Å². The van der Waals surface area contributed by atoms with Crippen molar-refractivity contribution < 1.29 is 4.79 Å². The molecular formula is C18H26N2O. The molecule has 1 fully saturated rings. The maximum Gasteiger partial charge on any atom is 0.237 e. The van der Waals surface area contributed by atoms with E-state index < -0.39 is 5.41 Å². The van der Waals surface area contributed by atoms with E-state index in [0.717, 1.165) is 31.1 Å². The first kappa shape index (κ1) is 14.6. The molecule has 1 atom stereocenters. The number of benzene rings is 1. The van der Waals surface area contributed by atoms with Crippen molar-refractivity contribution in [2.45, 2.75) is 51.5 Å². The third-order valence-electron chi connectivity index (χ3n) is 4.87. The molecule has 1 amide bonds. The first-order chi connectivity index (χ1) is 10.1. The van der Waals surface area contributed by atoms with Crippen molar-refractivity contribution in [1.29, 1.82) is 0 Å². The molecule has 114 valence electrons. The molecule has 0 spiro atoms. The van der Waals surface area contributed by atoms with E-state index in [4.69, 9.17) is 0 Å². The Morgan fingerprint density at radius 3 is 2.71 bits per heavy atom. The van der Waals surface area contributed by atoms with Crippen molar-refractivity contribution in [3.05, 3.63) is 29.8 Å². The van der Waals surface area contributed by atoms with Gasteiger partial charge in [0.25, 0.3) is 0 Å². The van der Waals surface area contributed by atoms with Crippen molar-refractivity contribution >= 4 is 11.6 Å². The number of nitrogens with zero attached hydrogens (tertiary/aromatic N) is 1. The summed E-state index contributed by atoms with van der Waals surface area (Å²) in [6.07, 6.45) is 3.74. The zero-order chi connectivity index (χ0) is 15.0. The van der Waals surface area contributed by atoms with Crippen LogP contribution in [-0.4, -0.2) is 25.0 Å². The fraction of sp³-hybridized carbons (Fsp3) is 0.611. The normalized spacial score (nSPS) is 21.5. The van der Waals surface area contributed by atoms with Gasteiger partial charge < -0.3 is 10.2 Å². The summed E-state index contributed by atoms with van der Waals surface area (Å²) in [5.74, 6) is 0.993. The summed E-state index contributed by atoms with van der Waals surface area (Å²) in [7, 11) is 0. The smallest absolute Gasteiger partial charge is 0.237 e. The average molecular weight is 286 g/mol. The van der Waals surface area contributed by atoms with E-state index in [1.807, 2.05) is 30.9 Å². The number of rotatable bonds is 6. The first-order valence-corrected chi connectivity index (χ1v) is 8.20. The predicted octanol–water partition coefficient (Wildman–Crippen LogP) is 3.09. The van der Waals surface area contributed by atoms with E-state index in [0.29, 0.717) is 6.04 Å². The number of carbonyl (C=O) groups excluding carboxylic acids is 1. The van der Waals surface area contributed by atoms with Gasteiger partial charge in [0.05, 0.1) is 5.41 Å². The van der Waals surface area contributed by atoms with E-state index in [9.17, 15) is 4.79 Å². The van der Waals surface area contributed by atoms with Crippen LogP contribution in [0, 0.1) is 5.92 Å². The Kier molecular flexibility index (Phi) is 3.78. The maximum absolute atomic E-state index is 12.8. The van der Waals surface area contributed by atoms with Gasteiger partial charge in [-0.1, -0.05) is 25.1 Å². The Balaban J connectivity index is 1.83. The summed E-state index contributed by atoms with van der Waals surface area (Å²) in [5, 5.41) is 3.64. The highest BCUT2D eigenvalue weighted by molar-refractivity contribution is 6.07. The lowest BCUT2D eigenvalue weighted by Gasteiger charge is -2.26. The molecule has 1 aliphatic carbocycles. The van der Waals surface area contributed by atoms with E-state index in [2.05, 4.69) is 24.4 Å². The molecule has 21 heavy (non-hydrogen) atoms. The number of nitrogens with one attached hydrogen (secondary N) is 1. The molecule has 3 nitrogen and oxygen atoms in total. The van der Waals surface area contributed by atoms with Crippen LogP contribution in [0.15, 0.2) is 24.3 Å². The molecule has 3 heteroatoms. The number of amides is 1. The fourth-order valence-electron chi connectivity index (χ4n) is 3.39. The van der Waals surface area contributed by atoms with Gasteiger partial charge in [0, 0.05) is 18.3 Å². The minimum atomic E-state index is -0.393. The summed E-state index contributed by atoms with van der Waals surface area (Å²) in [6.45, 7) is 8.12. The lowest BCUT2D eigenvalue weighted by atomic mass is 9.86. The summed E-state index contributed by atoms with van der Waals surface area (Å²) in [4.78, 5) is 14.8. The summed E-state index contributed by atoms with van der Waals surface area (Å²) >= 11 is 0. The van der Waals surface area contributed by atoms with Crippen molar-refractivity contribution in [2.75, 3.05) is 18.0 Å². The van der Waals surface area contributed by atoms with Gasteiger partial charge in [-0.2, -0.15) is 0 Å². The average Bonchev–Trinajstić information content (AvgIpc) is 3.29. The molecule has 0 saturated heterocycles.